The Kier molecular flexibility index (Phi) is 7.17. The molecule has 1 unspecified atom stereocenters. The molecule has 1 aliphatic heterocycles. The van der Waals surface area contributed by atoms with Gasteiger partial charge in [-0.15, -0.1) is 0 Å². The summed E-state index contributed by atoms with van der Waals surface area (Å²) in [5.74, 6) is 1.53. The van der Waals surface area contributed by atoms with Crippen molar-refractivity contribution in [2.75, 3.05) is 25.1 Å². The van der Waals surface area contributed by atoms with E-state index >= 15 is 0 Å². The van der Waals surface area contributed by atoms with E-state index in [1.807, 2.05) is 0 Å². The second kappa shape index (κ2) is 10.2. The van der Waals surface area contributed by atoms with E-state index in [1.54, 1.807) is 43.0 Å². The fourth-order valence-corrected chi connectivity index (χ4v) is 4.00. The number of carbonyl (C=O) groups excluding carboxylic acids is 1. The average molecular weight is 476 g/mol. The van der Waals surface area contributed by atoms with Gasteiger partial charge in [0.1, 0.15) is 18.1 Å². The third-order valence-electron chi connectivity index (χ3n) is 5.48. The number of nitrogens with zero attached hydrogens (tertiary/aromatic N) is 3. The van der Waals surface area contributed by atoms with Crippen molar-refractivity contribution in [3.63, 3.8) is 0 Å². The van der Waals surface area contributed by atoms with Crippen LogP contribution in [0.15, 0.2) is 35.0 Å². The lowest BCUT2D eigenvalue weighted by atomic mass is 9.93. The Labute approximate surface area is 195 Å². The molecule has 1 atom stereocenters. The van der Waals surface area contributed by atoms with Gasteiger partial charge in [0.15, 0.2) is 0 Å². The minimum atomic E-state index is -0.708. The molecule has 1 saturated heterocycles. The molecular formula is C22H26ClN5O5. The van der Waals surface area contributed by atoms with E-state index in [0.717, 1.165) is 26.1 Å². The predicted octanol–water partition coefficient (Wildman–Crippen LogP) is 3.78. The zero-order chi connectivity index (χ0) is 23.4. The van der Waals surface area contributed by atoms with Crippen LogP contribution in [-0.4, -0.2) is 46.9 Å². The van der Waals surface area contributed by atoms with Crippen molar-refractivity contribution in [3.05, 3.63) is 41.2 Å². The number of rotatable bonds is 7. The maximum absolute atomic E-state index is 12.3. The molecule has 1 aliphatic rings. The molecule has 0 radical (unpaired) electrons. The Morgan fingerprint density at radius 3 is 2.82 bits per heavy atom. The number of amides is 1. The standard InChI is InChI=1S/C22H26ClN5O5/c1-13-9-20(27-33-13)32-22(29)26-15-3-4-19(16(10-15)21-17(23)11-25-28(21)2)31-12-18(24)14-5-7-30-8-6-14/h3-4,9-11,14,18H,5-8,12,24H2,1-2H3,(H,26,29). The molecule has 0 aliphatic carbocycles. The zero-order valence-electron chi connectivity index (χ0n) is 18.4. The number of hydrogen-bond donors (Lipinski definition) is 2. The summed E-state index contributed by atoms with van der Waals surface area (Å²) in [6, 6.07) is 6.60. The highest BCUT2D eigenvalue weighted by atomic mass is 35.5. The van der Waals surface area contributed by atoms with Crippen LogP contribution in [0.25, 0.3) is 11.3 Å². The zero-order valence-corrected chi connectivity index (χ0v) is 19.2. The number of anilines is 1. The molecule has 1 amide bonds. The molecule has 4 rings (SSSR count). The van der Waals surface area contributed by atoms with E-state index in [4.69, 9.17) is 36.1 Å². The third kappa shape index (κ3) is 5.65. The van der Waals surface area contributed by atoms with E-state index in [0.29, 0.717) is 46.0 Å². The second-order valence-electron chi connectivity index (χ2n) is 7.89. The smallest absolute Gasteiger partial charge is 0.418 e. The first kappa shape index (κ1) is 23.1. The Morgan fingerprint density at radius 1 is 1.36 bits per heavy atom. The quantitative estimate of drug-likeness (QED) is 0.528. The summed E-state index contributed by atoms with van der Waals surface area (Å²) in [5.41, 5.74) is 8.17. The second-order valence-corrected chi connectivity index (χ2v) is 8.30. The Hall–Kier alpha value is -3.08. The van der Waals surface area contributed by atoms with Crippen LogP contribution in [0, 0.1) is 12.8 Å². The first-order valence-electron chi connectivity index (χ1n) is 10.6. The van der Waals surface area contributed by atoms with Crippen LogP contribution in [0.5, 0.6) is 11.6 Å². The van der Waals surface area contributed by atoms with E-state index in [9.17, 15) is 4.79 Å². The van der Waals surface area contributed by atoms with Crippen molar-refractivity contribution in [1.82, 2.24) is 14.9 Å². The average Bonchev–Trinajstić information content (AvgIpc) is 3.36. The van der Waals surface area contributed by atoms with Crippen LogP contribution in [0.3, 0.4) is 0 Å². The van der Waals surface area contributed by atoms with E-state index < -0.39 is 6.09 Å². The van der Waals surface area contributed by atoms with Gasteiger partial charge in [0, 0.05) is 43.6 Å². The fourth-order valence-electron chi connectivity index (χ4n) is 3.73. The van der Waals surface area contributed by atoms with Gasteiger partial charge in [0.05, 0.1) is 16.9 Å². The van der Waals surface area contributed by atoms with Crippen LogP contribution < -0.4 is 20.5 Å². The minimum absolute atomic E-state index is 0.0713. The van der Waals surface area contributed by atoms with Gasteiger partial charge in [-0.25, -0.2) is 4.79 Å². The van der Waals surface area contributed by atoms with Crippen molar-refractivity contribution < 1.29 is 23.5 Å². The van der Waals surface area contributed by atoms with E-state index in [-0.39, 0.29) is 11.9 Å². The van der Waals surface area contributed by atoms with Crippen molar-refractivity contribution in [2.24, 2.45) is 18.7 Å². The molecule has 176 valence electrons. The summed E-state index contributed by atoms with van der Waals surface area (Å²) in [4.78, 5) is 12.3. The molecule has 3 heterocycles. The van der Waals surface area contributed by atoms with E-state index in [1.165, 1.54) is 6.07 Å². The van der Waals surface area contributed by atoms with Crippen molar-refractivity contribution in [2.45, 2.75) is 25.8 Å². The molecule has 33 heavy (non-hydrogen) atoms. The summed E-state index contributed by atoms with van der Waals surface area (Å²) in [6.07, 6.45) is 2.68. The number of nitrogens with two attached hydrogens (primary N) is 1. The van der Waals surface area contributed by atoms with Gasteiger partial charge in [0.2, 0.25) is 0 Å². The highest BCUT2D eigenvalue weighted by molar-refractivity contribution is 6.33. The highest BCUT2D eigenvalue weighted by Crippen LogP contribution is 2.37. The van der Waals surface area contributed by atoms with Crippen molar-refractivity contribution >= 4 is 23.4 Å². The number of halogens is 1. The first-order chi connectivity index (χ1) is 15.9. The molecule has 1 fully saturated rings. The Balaban J connectivity index is 1.52. The highest BCUT2D eigenvalue weighted by Gasteiger charge is 2.23. The van der Waals surface area contributed by atoms with E-state index in [2.05, 4.69) is 15.6 Å². The number of nitrogens with one attached hydrogen (secondary N) is 1. The van der Waals surface area contributed by atoms with Gasteiger partial charge in [-0.3, -0.25) is 10.00 Å². The lowest BCUT2D eigenvalue weighted by molar-refractivity contribution is 0.0522. The topological polar surface area (TPSA) is 127 Å². The summed E-state index contributed by atoms with van der Waals surface area (Å²) < 4.78 is 23.2. The van der Waals surface area contributed by atoms with Gasteiger partial charge < -0.3 is 24.5 Å². The van der Waals surface area contributed by atoms with Crippen molar-refractivity contribution in [3.8, 4) is 22.9 Å². The summed E-state index contributed by atoms with van der Waals surface area (Å²) in [5, 5.41) is 11.0. The van der Waals surface area contributed by atoms with Crippen LogP contribution in [-0.2, 0) is 11.8 Å². The third-order valence-corrected chi connectivity index (χ3v) is 5.76. The van der Waals surface area contributed by atoms with Gasteiger partial charge >= 0.3 is 6.09 Å². The van der Waals surface area contributed by atoms with Gasteiger partial charge in [-0.1, -0.05) is 11.6 Å². The fraction of sp³-hybridized carbons (Fsp3) is 0.409. The maximum Gasteiger partial charge on any atom is 0.418 e. The molecule has 2 aromatic heterocycles. The lowest BCUT2D eigenvalue weighted by Crippen LogP contribution is -2.39. The molecule has 3 aromatic rings. The number of aryl methyl sites for hydroxylation is 2. The molecule has 0 bridgehead atoms. The predicted molar refractivity (Wildman–Crippen MR) is 122 cm³/mol. The van der Waals surface area contributed by atoms with Gasteiger partial charge in [0.25, 0.3) is 5.88 Å². The maximum atomic E-state index is 12.3. The summed E-state index contributed by atoms with van der Waals surface area (Å²) >= 11 is 6.40. The van der Waals surface area contributed by atoms with Crippen molar-refractivity contribution in [1.29, 1.82) is 0 Å². The molecule has 0 saturated carbocycles. The number of benzene rings is 1. The van der Waals surface area contributed by atoms with Crippen LogP contribution >= 0.6 is 11.6 Å². The monoisotopic (exact) mass is 475 g/mol. The Morgan fingerprint density at radius 2 is 2.15 bits per heavy atom. The molecule has 11 heteroatoms. The largest absolute Gasteiger partial charge is 0.491 e. The normalized spacial score (nSPS) is 15.3. The Bertz CT molecular complexity index is 1090. The number of aromatic nitrogens is 3. The van der Waals surface area contributed by atoms with Gasteiger partial charge in [-0.2, -0.15) is 5.10 Å². The minimum Gasteiger partial charge on any atom is -0.491 e. The van der Waals surface area contributed by atoms with Gasteiger partial charge in [-0.05, 0) is 49.0 Å². The number of hydrogen-bond acceptors (Lipinski definition) is 8. The summed E-state index contributed by atoms with van der Waals surface area (Å²) in [7, 11) is 1.78. The van der Waals surface area contributed by atoms with Crippen LogP contribution in [0.1, 0.15) is 18.6 Å². The molecule has 10 nitrogen and oxygen atoms in total. The SMILES string of the molecule is Cc1cc(OC(=O)Nc2ccc(OCC(N)C3CCOCC3)c(-c3c(Cl)cnn3C)c2)no1. The number of ether oxygens (including phenoxy) is 3. The lowest BCUT2D eigenvalue weighted by Gasteiger charge is -2.27. The molecule has 3 N–H and O–H groups in total. The number of carbonyl (C=O) groups is 1. The summed E-state index contributed by atoms with van der Waals surface area (Å²) in [6.45, 7) is 3.49. The molecule has 0 spiro atoms. The van der Waals surface area contributed by atoms with Crippen LogP contribution in [0.2, 0.25) is 5.02 Å². The molecular weight excluding hydrogens is 450 g/mol. The first-order valence-corrected chi connectivity index (χ1v) is 11.0. The van der Waals surface area contributed by atoms with Crippen LogP contribution in [0.4, 0.5) is 10.5 Å². The molecule has 1 aromatic carbocycles.